The maximum absolute atomic E-state index is 13.7. The molecule has 1 aromatic heterocycles. The molecule has 1 fully saturated rings. The summed E-state index contributed by atoms with van der Waals surface area (Å²) < 4.78 is 7.68. The lowest BCUT2D eigenvalue weighted by atomic mass is 10.0. The highest BCUT2D eigenvalue weighted by atomic mass is 16.5. The Balaban J connectivity index is 1.28. The second kappa shape index (κ2) is 9.37. The summed E-state index contributed by atoms with van der Waals surface area (Å²) in [7, 11) is 2.17. The molecule has 182 valence electrons. The van der Waals surface area contributed by atoms with E-state index in [-0.39, 0.29) is 11.3 Å². The van der Waals surface area contributed by atoms with Gasteiger partial charge in [-0.2, -0.15) is 0 Å². The number of likely N-dealkylation sites (N-methyl/N-ethyl adjacent to an activating group) is 1. The number of ether oxygens (including phenoxy) is 1. The van der Waals surface area contributed by atoms with E-state index in [0.717, 1.165) is 56.1 Å². The van der Waals surface area contributed by atoms with Crippen LogP contribution in [0.15, 0.2) is 77.6 Å². The molecule has 0 unspecified atom stereocenters. The Hall–Kier alpha value is -3.74. The fourth-order valence-electron chi connectivity index (χ4n) is 5.34. The normalized spacial score (nSPS) is 15.8. The minimum absolute atomic E-state index is 0.0362. The lowest BCUT2D eigenvalue weighted by Crippen LogP contribution is -2.44. The Morgan fingerprint density at radius 3 is 2.19 bits per heavy atom. The van der Waals surface area contributed by atoms with Gasteiger partial charge in [-0.15, -0.1) is 0 Å². The van der Waals surface area contributed by atoms with Crippen LogP contribution in [0.4, 0.5) is 0 Å². The van der Waals surface area contributed by atoms with Gasteiger partial charge in [-0.05, 0) is 43.8 Å². The number of aromatic nitrogens is 1. The van der Waals surface area contributed by atoms with Gasteiger partial charge in [-0.3, -0.25) is 14.2 Å². The molecule has 0 atom stereocenters. The molecule has 6 heteroatoms. The van der Waals surface area contributed by atoms with E-state index in [9.17, 15) is 9.59 Å². The van der Waals surface area contributed by atoms with Crippen LogP contribution in [0.5, 0.6) is 5.75 Å². The van der Waals surface area contributed by atoms with Gasteiger partial charge in [0.25, 0.3) is 5.56 Å². The van der Waals surface area contributed by atoms with Gasteiger partial charge in [0.2, 0.25) is 0 Å². The summed E-state index contributed by atoms with van der Waals surface area (Å²) in [5, 5.41) is 1.25. The molecule has 1 saturated heterocycles. The van der Waals surface area contributed by atoms with Crippen LogP contribution in [-0.4, -0.2) is 66.5 Å². The van der Waals surface area contributed by atoms with Crippen molar-refractivity contribution in [3.8, 4) is 22.7 Å². The third-order valence-electron chi connectivity index (χ3n) is 7.32. The van der Waals surface area contributed by atoms with E-state index in [2.05, 4.69) is 16.8 Å². The van der Waals surface area contributed by atoms with Crippen LogP contribution in [-0.2, 0) is 0 Å². The molecule has 2 heterocycles. The Labute approximate surface area is 210 Å². The van der Waals surface area contributed by atoms with E-state index >= 15 is 0 Å². The summed E-state index contributed by atoms with van der Waals surface area (Å²) in [6.07, 6.45) is 0.974. The SMILES string of the molecule is CN1CCN(CCCOc2ccc(-n3c4c(c5ccccc5c3=O)C(=O)c3ccccc3-4)cc2)CC1. The summed E-state index contributed by atoms with van der Waals surface area (Å²) in [5.41, 5.74) is 3.28. The molecular formula is C30H29N3O3. The molecule has 0 spiro atoms. The van der Waals surface area contributed by atoms with E-state index in [4.69, 9.17) is 4.74 Å². The lowest BCUT2D eigenvalue weighted by Gasteiger charge is -2.32. The van der Waals surface area contributed by atoms with Crippen molar-refractivity contribution in [3.63, 3.8) is 0 Å². The molecule has 2 aliphatic rings. The zero-order valence-electron chi connectivity index (χ0n) is 20.4. The second-order valence-corrected chi connectivity index (χ2v) is 9.63. The Morgan fingerprint density at radius 2 is 1.44 bits per heavy atom. The average molecular weight is 480 g/mol. The van der Waals surface area contributed by atoms with Crippen LogP contribution in [0, 0.1) is 0 Å². The number of hydrogen-bond acceptors (Lipinski definition) is 5. The van der Waals surface area contributed by atoms with Gasteiger partial charge in [-0.1, -0.05) is 42.5 Å². The zero-order valence-corrected chi connectivity index (χ0v) is 20.4. The van der Waals surface area contributed by atoms with Gasteiger partial charge in [-0.25, -0.2) is 0 Å². The maximum atomic E-state index is 13.7. The molecule has 4 aromatic rings. The minimum Gasteiger partial charge on any atom is -0.494 e. The first-order valence-electron chi connectivity index (χ1n) is 12.6. The first-order chi connectivity index (χ1) is 17.6. The monoisotopic (exact) mass is 479 g/mol. The molecule has 6 nitrogen and oxygen atoms in total. The minimum atomic E-state index is -0.130. The predicted molar refractivity (Wildman–Crippen MR) is 142 cm³/mol. The molecule has 0 saturated carbocycles. The standard InChI is InChI=1S/C30H29N3O3/c1-31-16-18-32(19-17-31)15-6-20-36-22-13-11-21(12-14-22)33-28-24-8-3-4-9-25(24)29(34)27(28)23-7-2-5-10-26(23)30(33)35/h2-5,7-14H,6,15-20H2,1H3. The van der Waals surface area contributed by atoms with Gasteiger partial charge in [0.05, 0.1) is 17.9 Å². The summed E-state index contributed by atoms with van der Waals surface area (Å²) in [4.78, 5) is 31.9. The number of ketones is 1. The number of piperazine rings is 1. The molecule has 1 aliphatic heterocycles. The average Bonchev–Trinajstić information content (AvgIpc) is 3.21. The molecule has 3 aromatic carbocycles. The number of rotatable bonds is 6. The van der Waals surface area contributed by atoms with Crippen molar-refractivity contribution >= 4 is 16.6 Å². The molecule has 0 amide bonds. The number of carbonyl (C=O) groups excluding carboxylic acids is 1. The molecule has 0 radical (unpaired) electrons. The fraction of sp³-hybridized carbons (Fsp3) is 0.267. The van der Waals surface area contributed by atoms with Gasteiger partial charge >= 0.3 is 0 Å². The van der Waals surface area contributed by atoms with E-state index in [1.165, 1.54) is 0 Å². The largest absolute Gasteiger partial charge is 0.494 e. The zero-order chi connectivity index (χ0) is 24.6. The number of pyridine rings is 1. The molecular weight excluding hydrogens is 450 g/mol. The first-order valence-corrected chi connectivity index (χ1v) is 12.6. The molecule has 6 rings (SSSR count). The van der Waals surface area contributed by atoms with Gasteiger partial charge in [0.1, 0.15) is 5.75 Å². The highest BCUT2D eigenvalue weighted by Gasteiger charge is 2.32. The van der Waals surface area contributed by atoms with E-state index < -0.39 is 0 Å². The van der Waals surface area contributed by atoms with Crippen LogP contribution >= 0.6 is 0 Å². The van der Waals surface area contributed by atoms with E-state index in [1.807, 2.05) is 66.7 Å². The van der Waals surface area contributed by atoms with E-state index in [1.54, 1.807) is 10.6 Å². The summed E-state index contributed by atoms with van der Waals surface area (Å²) >= 11 is 0. The number of benzene rings is 3. The van der Waals surface area contributed by atoms with Crippen molar-refractivity contribution < 1.29 is 9.53 Å². The summed E-state index contributed by atoms with van der Waals surface area (Å²) in [5.74, 6) is 0.741. The molecule has 0 bridgehead atoms. The topological polar surface area (TPSA) is 54.8 Å². The smallest absolute Gasteiger partial charge is 0.263 e. The third kappa shape index (κ3) is 3.92. The maximum Gasteiger partial charge on any atom is 0.263 e. The molecule has 36 heavy (non-hydrogen) atoms. The number of fused-ring (bicyclic) bond motifs is 5. The molecule has 1 aliphatic carbocycles. The number of carbonyl (C=O) groups is 1. The van der Waals surface area contributed by atoms with Crippen molar-refractivity contribution in [1.82, 2.24) is 14.4 Å². The van der Waals surface area contributed by atoms with Crippen molar-refractivity contribution in [2.24, 2.45) is 0 Å². The molecule has 0 N–H and O–H groups in total. The fourth-order valence-corrected chi connectivity index (χ4v) is 5.34. The first kappa shape index (κ1) is 22.7. The number of hydrogen-bond donors (Lipinski definition) is 0. The lowest BCUT2D eigenvalue weighted by molar-refractivity contribution is 0.104. The van der Waals surface area contributed by atoms with Crippen LogP contribution in [0.1, 0.15) is 22.3 Å². The highest BCUT2D eigenvalue weighted by Crippen LogP contribution is 2.40. The van der Waals surface area contributed by atoms with Crippen molar-refractivity contribution in [1.29, 1.82) is 0 Å². The van der Waals surface area contributed by atoms with Gasteiger partial charge in [0.15, 0.2) is 5.78 Å². The van der Waals surface area contributed by atoms with Crippen LogP contribution in [0.2, 0.25) is 0 Å². The third-order valence-corrected chi connectivity index (χ3v) is 7.32. The van der Waals surface area contributed by atoms with Crippen molar-refractivity contribution in [2.45, 2.75) is 6.42 Å². The van der Waals surface area contributed by atoms with Crippen molar-refractivity contribution in [2.75, 3.05) is 46.4 Å². The van der Waals surface area contributed by atoms with Crippen LogP contribution < -0.4 is 10.3 Å². The Kier molecular flexibility index (Phi) is 5.91. The van der Waals surface area contributed by atoms with Crippen LogP contribution in [0.3, 0.4) is 0 Å². The van der Waals surface area contributed by atoms with E-state index in [0.29, 0.717) is 34.2 Å². The summed E-state index contributed by atoms with van der Waals surface area (Å²) in [6, 6.07) is 22.5. The number of nitrogens with zero attached hydrogens (tertiary/aromatic N) is 3. The second-order valence-electron chi connectivity index (χ2n) is 9.63. The predicted octanol–water partition coefficient (Wildman–Crippen LogP) is 4.22. The highest BCUT2D eigenvalue weighted by molar-refractivity contribution is 6.26. The quantitative estimate of drug-likeness (QED) is 0.342. The Morgan fingerprint density at radius 1 is 0.778 bits per heavy atom. The Bertz CT molecular complexity index is 1500. The summed E-state index contributed by atoms with van der Waals surface area (Å²) in [6.45, 7) is 6.16. The van der Waals surface area contributed by atoms with Gasteiger partial charge < -0.3 is 14.5 Å². The van der Waals surface area contributed by atoms with Crippen molar-refractivity contribution in [3.05, 3.63) is 94.3 Å². The van der Waals surface area contributed by atoms with Crippen LogP contribution in [0.25, 0.3) is 27.7 Å². The van der Waals surface area contributed by atoms with Gasteiger partial charge in [0, 0.05) is 60.3 Å².